The average molecular weight is 341 g/mol. The molecule has 25 heavy (non-hydrogen) atoms. The number of carbonyl (C=O) groups is 1. The molecule has 1 aromatic carbocycles. The minimum atomic E-state index is 0.0771. The van der Waals surface area contributed by atoms with Crippen LogP contribution in [0.25, 0.3) is 0 Å². The molecule has 0 fully saturated rings. The third-order valence-electron chi connectivity index (χ3n) is 4.90. The Morgan fingerprint density at radius 1 is 1.16 bits per heavy atom. The van der Waals surface area contributed by atoms with Crippen molar-refractivity contribution >= 4 is 5.91 Å². The molecule has 1 aromatic heterocycles. The van der Waals surface area contributed by atoms with Crippen LogP contribution in [0.3, 0.4) is 0 Å². The maximum Gasteiger partial charge on any atom is 0.231 e. The molecule has 0 saturated carbocycles. The van der Waals surface area contributed by atoms with Crippen LogP contribution >= 0.6 is 0 Å². The van der Waals surface area contributed by atoms with Crippen molar-refractivity contribution in [1.29, 1.82) is 0 Å². The van der Waals surface area contributed by atoms with E-state index in [0.717, 1.165) is 42.0 Å². The van der Waals surface area contributed by atoms with Gasteiger partial charge in [-0.15, -0.1) is 0 Å². The van der Waals surface area contributed by atoms with Crippen LogP contribution in [0, 0.1) is 0 Å². The summed E-state index contributed by atoms with van der Waals surface area (Å²) in [5.74, 6) is 1.65. The molecule has 0 bridgehead atoms. The summed E-state index contributed by atoms with van der Waals surface area (Å²) in [5.41, 5.74) is 4.82. The van der Waals surface area contributed by atoms with Crippen LogP contribution in [-0.2, 0) is 30.5 Å². The molecule has 0 atom stereocenters. The molecule has 0 saturated heterocycles. The van der Waals surface area contributed by atoms with Crippen molar-refractivity contribution in [2.75, 3.05) is 13.3 Å². The number of hydrogen-bond donors (Lipinski definition) is 2. The number of aromatic nitrogens is 2. The highest BCUT2D eigenvalue weighted by atomic mass is 16.7. The van der Waals surface area contributed by atoms with Crippen LogP contribution in [0.15, 0.2) is 18.2 Å². The van der Waals surface area contributed by atoms with Gasteiger partial charge in [-0.3, -0.25) is 9.89 Å². The van der Waals surface area contributed by atoms with Gasteiger partial charge in [0.2, 0.25) is 12.7 Å². The van der Waals surface area contributed by atoms with Gasteiger partial charge in [0.05, 0.1) is 5.69 Å². The fourth-order valence-corrected chi connectivity index (χ4v) is 3.52. The summed E-state index contributed by atoms with van der Waals surface area (Å²) in [4.78, 5) is 12.1. The number of fused-ring (bicyclic) bond motifs is 2. The first-order chi connectivity index (χ1) is 12.3. The number of H-pyrrole nitrogens is 1. The lowest BCUT2D eigenvalue weighted by Gasteiger charge is -2.11. The number of aryl methyl sites for hydroxylation is 2. The molecule has 1 aliphatic heterocycles. The van der Waals surface area contributed by atoms with Crippen molar-refractivity contribution in [3.63, 3.8) is 0 Å². The van der Waals surface area contributed by atoms with E-state index in [1.807, 2.05) is 18.2 Å². The van der Waals surface area contributed by atoms with Gasteiger partial charge in [-0.1, -0.05) is 6.07 Å². The molecule has 1 aliphatic carbocycles. The number of carbonyl (C=O) groups excluding carboxylic acids is 1. The van der Waals surface area contributed by atoms with E-state index in [9.17, 15) is 4.79 Å². The van der Waals surface area contributed by atoms with Crippen LogP contribution in [0.1, 0.15) is 41.8 Å². The second-order valence-electron chi connectivity index (χ2n) is 6.62. The molecule has 6 heteroatoms. The second kappa shape index (κ2) is 7.17. The van der Waals surface area contributed by atoms with Gasteiger partial charge in [-0.25, -0.2) is 0 Å². The zero-order valence-electron chi connectivity index (χ0n) is 14.3. The highest BCUT2D eigenvalue weighted by molar-refractivity contribution is 5.76. The number of benzene rings is 1. The van der Waals surface area contributed by atoms with Crippen molar-refractivity contribution in [3.05, 3.63) is 40.7 Å². The fraction of sp³-hybridized carbons (Fsp3) is 0.474. The Morgan fingerprint density at radius 3 is 3.00 bits per heavy atom. The normalized spacial score (nSPS) is 15.0. The molecule has 2 N–H and O–H groups in total. The predicted octanol–water partition coefficient (Wildman–Crippen LogP) is 2.31. The monoisotopic (exact) mass is 341 g/mol. The molecule has 6 nitrogen and oxygen atoms in total. The van der Waals surface area contributed by atoms with Crippen molar-refractivity contribution in [2.24, 2.45) is 0 Å². The quantitative estimate of drug-likeness (QED) is 0.845. The number of nitrogens with one attached hydrogen (secondary N) is 2. The van der Waals surface area contributed by atoms with Crippen LogP contribution < -0.4 is 14.8 Å². The standard InChI is InChI=1S/C19H23N3O3/c23-19(8-6-16-14-3-1-2-4-15(14)21-22-16)20-10-9-13-5-7-17-18(11-13)25-12-24-17/h5,7,11H,1-4,6,8-10,12H2,(H,20,23)(H,21,22). The fourth-order valence-electron chi connectivity index (χ4n) is 3.52. The van der Waals surface area contributed by atoms with Gasteiger partial charge in [-0.2, -0.15) is 5.10 Å². The van der Waals surface area contributed by atoms with Crippen molar-refractivity contribution in [3.8, 4) is 11.5 Å². The topological polar surface area (TPSA) is 76.2 Å². The van der Waals surface area contributed by atoms with Gasteiger partial charge in [0.25, 0.3) is 0 Å². The van der Waals surface area contributed by atoms with Gasteiger partial charge in [0.15, 0.2) is 11.5 Å². The third kappa shape index (κ3) is 3.62. The molecule has 1 amide bonds. The van der Waals surface area contributed by atoms with Gasteiger partial charge < -0.3 is 14.8 Å². The number of ether oxygens (including phenoxy) is 2. The Bertz CT molecular complexity index is 769. The largest absolute Gasteiger partial charge is 0.454 e. The Hall–Kier alpha value is -2.50. The van der Waals surface area contributed by atoms with E-state index in [1.54, 1.807) is 0 Å². The minimum Gasteiger partial charge on any atom is -0.454 e. The number of hydrogen-bond acceptors (Lipinski definition) is 4. The molecular weight excluding hydrogens is 318 g/mol. The number of amides is 1. The van der Waals surface area contributed by atoms with Gasteiger partial charge in [0, 0.05) is 25.1 Å². The molecule has 0 unspecified atom stereocenters. The lowest BCUT2D eigenvalue weighted by Crippen LogP contribution is -2.26. The lowest BCUT2D eigenvalue weighted by atomic mass is 9.94. The van der Waals surface area contributed by atoms with Gasteiger partial charge in [-0.05, 0) is 55.4 Å². The highest BCUT2D eigenvalue weighted by Crippen LogP contribution is 2.32. The summed E-state index contributed by atoms with van der Waals surface area (Å²) in [7, 11) is 0. The molecule has 0 radical (unpaired) electrons. The third-order valence-corrected chi connectivity index (χ3v) is 4.90. The van der Waals surface area contributed by atoms with Crippen molar-refractivity contribution in [2.45, 2.75) is 44.9 Å². The minimum absolute atomic E-state index is 0.0771. The first-order valence-electron chi connectivity index (χ1n) is 9.00. The maximum absolute atomic E-state index is 12.1. The molecule has 2 heterocycles. The number of rotatable bonds is 6. The Balaban J connectivity index is 1.22. The van der Waals surface area contributed by atoms with E-state index in [1.165, 1.54) is 24.1 Å². The van der Waals surface area contributed by atoms with E-state index in [2.05, 4.69) is 15.5 Å². The SMILES string of the molecule is O=C(CCc1n[nH]c2c1CCCC2)NCCc1ccc2c(c1)OCO2. The van der Waals surface area contributed by atoms with Crippen molar-refractivity contribution in [1.82, 2.24) is 15.5 Å². The summed E-state index contributed by atoms with van der Waals surface area (Å²) in [5, 5.41) is 10.5. The molecule has 132 valence electrons. The summed E-state index contributed by atoms with van der Waals surface area (Å²) in [6, 6.07) is 5.90. The first-order valence-corrected chi connectivity index (χ1v) is 9.00. The van der Waals surface area contributed by atoms with Crippen LogP contribution in [0.2, 0.25) is 0 Å². The maximum atomic E-state index is 12.1. The zero-order valence-corrected chi connectivity index (χ0v) is 14.3. The van der Waals surface area contributed by atoms with Gasteiger partial charge in [0.1, 0.15) is 0 Å². The van der Waals surface area contributed by atoms with E-state index in [0.29, 0.717) is 19.4 Å². The molecule has 2 aromatic rings. The highest BCUT2D eigenvalue weighted by Gasteiger charge is 2.17. The van der Waals surface area contributed by atoms with Crippen molar-refractivity contribution < 1.29 is 14.3 Å². The van der Waals surface area contributed by atoms with E-state index in [-0.39, 0.29) is 12.7 Å². The first kappa shape index (κ1) is 16.0. The molecule has 0 spiro atoms. The Kier molecular flexibility index (Phi) is 4.59. The summed E-state index contributed by atoms with van der Waals surface area (Å²) in [6.07, 6.45) is 6.60. The smallest absolute Gasteiger partial charge is 0.231 e. The molecule has 4 rings (SSSR count). The number of nitrogens with zero attached hydrogens (tertiary/aromatic N) is 1. The van der Waals surface area contributed by atoms with Gasteiger partial charge >= 0.3 is 0 Å². The molecular formula is C19H23N3O3. The number of aromatic amines is 1. The second-order valence-corrected chi connectivity index (χ2v) is 6.62. The van der Waals surface area contributed by atoms with E-state index >= 15 is 0 Å². The summed E-state index contributed by atoms with van der Waals surface area (Å²) >= 11 is 0. The van der Waals surface area contributed by atoms with E-state index < -0.39 is 0 Å². The zero-order chi connectivity index (χ0) is 17.1. The summed E-state index contributed by atoms with van der Waals surface area (Å²) in [6.45, 7) is 0.906. The Labute approximate surface area is 146 Å². The predicted molar refractivity (Wildman–Crippen MR) is 92.8 cm³/mol. The van der Waals surface area contributed by atoms with Crippen LogP contribution in [0.4, 0.5) is 0 Å². The molecule has 2 aliphatic rings. The summed E-state index contributed by atoms with van der Waals surface area (Å²) < 4.78 is 10.7. The average Bonchev–Trinajstić information content (AvgIpc) is 3.26. The Morgan fingerprint density at radius 2 is 2.04 bits per heavy atom. The lowest BCUT2D eigenvalue weighted by molar-refractivity contribution is -0.121. The van der Waals surface area contributed by atoms with Crippen LogP contribution in [0.5, 0.6) is 11.5 Å². The van der Waals surface area contributed by atoms with E-state index in [4.69, 9.17) is 9.47 Å². The van der Waals surface area contributed by atoms with Crippen LogP contribution in [-0.4, -0.2) is 29.4 Å².